The van der Waals surface area contributed by atoms with E-state index in [9.17, 15) is 4.79 Å². The van der Waals surface area contributed by atoms with Gasteiger partial charge in [-0.05, 0) is 17.7 Å². The molecule has 1 aromatic rings. The molecule has 1 rings (SSSR count). The number of rotatable bonds is 7. The van der Waals surface area contributed by atoms with Gasteiger partial charge in [0.25, 0.3) is 0 Å². The second kappa shape index (κ2) is 11.4. The van der Waals surface area contributed by atoms with Gasteiger partial charge in [0, 0.05) is 0 Å². The van der Waals surface area contributed by atoms with Crippen molar-refractivity contribution in [3.05, 3.63) is 23.8 Å². The lowest BCUT2D eigenvalue weighted by Crippen LogP contribution is -2.40. The molecule has 1 aromatic carbocycles. The summed E-state index contributed by atoms with van der Waals surface area (Å²) in [6.45, 7) is 0.553. The smallest absolute Gasteiger partial charge is 0.240 e. The minimum absolute atomic E-state index is 0. The summed E-state index contributed by atoms with van der Waals surface area (Å²) >= 11 is 0. The van der Waals surface area contributed by atoms with Crippen LogP contribution in [0.1, 0.15) is 5.56 Å². The number of halogens is 1. The van der Waals surface area contributed by atoms with Crippen LogP contribution in [0.4, 0.5) is 0 Å². The van der Waals surface area contributed by atoms with Crippen LogP contribution < -0.4 is 25.8 Å². The fraction of sp³-hybridized carbons (Fsp3) is 0.333. The van der Waals surface area contributed by atoms with Crippen LogP contribution >= 0.6 is 24.0 Å². The van der Waals surface area contributed by atoms with E-state index in [4.69, 9.17) is 21.6 Å². The van der Waals surface area contributed by atoms with E-state index in [0.29, 0.717) is 18.0 Å². The summed E-state index contributed by atoms with van der Waals surface area (Å²) in [6, 6.07) is 5.47. The summed E-state index contributed by atoms with van der Waals surface area (Å²) in [4.78, 5) is 15.5. The molecule has 0 aliphatic heterocycles. The number of aliphatic imine (C=N–C) groups is 1. The lowest BCUT2D eigenvalue weighted by atomic mass is 10.2. The topological polar surface area (TPSA) is 98.0 Å². The highest BCUT2D eigenvalue weighted by molar-refractivity contribution is 14.0. The number of guanidine groups is 1. The predicted octanol–water partition coefficient (Wildman–Crippen LogP) is 0.475. The fourth-order valence-electron chi connectivity index (χ4n) is 1.59. The number of nitrogens with zero attached hydrogens (tertiary/aromatic N) is 1. The van der Waals surface area contributed by atoms with Crippen LogP contribution in [0.25, 0.3) is 0 Å². The number of nitrogens with two attached hydrogens (primary N) is 1. The number of carbonyl (C=O) groups excluding carboxylic acids is 1. The third kappa shape index (κ3) is 7.60. The number of methoxy groups -OCH3 is 2. The minimum Gasteiger partial charge on any atom is -0.493 e. The van der Waals surface area contributed by atoms with Gasteiger partial charge in [-0.2, -0.15) is 0 Å². The number of benzene rings is 1. The van der Waals surface area contributed by atoms with Gasteiger partial charge in [0.15, 0.2) is 17.5 Å². The van der Waals surface area contributed by atoms with E-state index in [0.717, 1.165) is 5.56 Å². The van der Waals surface area contributed by atoms with Gasteiger partial charge in [-0.3, -0.25) is 4.79 Å². The Hall–Kier alpha value is -2.15. The van der Waals surface area contributed by atoms with Gasteiger partial charge >= 0.3 is 0 Å². The largest absolute Gasteiger partial charge is 0.493 e. The molecule has 0 atom stereocenters. The molecule has 7 nitrogen and oxygen atoms in total. The summed E-state index contributed by atoms with van der Waals surface area (Å²) in [5, 5.41) is 5.21. The van der Waals surface area contributed by atoms with Crippen LogP contribution in [0.2, 0.25) is 0 Å². The predicted molar refractivity (Wildman–Crippen MR) is 100 cm³/mol. The Bertz CT molecular complexity index is 585. The molecule has 0 bridgehead atoms. The Morgan fingerprint density at radius 1 is 1.30 bits per heavy atom. The number of hydrogen-bond acceptors (Lipinski definition) is 4. The molecule has 8 heteroatoms. The zero-order chi connectivity index (χ0) is 16.4. The Morgan fingerprint density at radius 3 is 2.61 bits per heavy atom. The molecule has 0 spiro atoms. The van der Waals surface area contributed by atoms with Crippen molar-refractivity contribution in [1.82, 2.24) is 10.6 Å². The monoisotopic (exact) mass is 432 g/mol. The highest BCUT2D eigenvalue weighted by Crippen LogP contribution is 2.27. The Labute approximate surface area is 153 Å². The molecule has 0 radical (unpaired) electrons. The molecule has 1 amide bonds. The first-order chi connectivity index (χ1) is 10.6. The first-order valence-corrected chi connectivity index (χ1v) is 6.55. The molecule has 0 aliphatic carbocycles. The summed E-state index contributed by atoms with van der Waals surface area (Å²) < 4.78 is 10.4. The van der Waals surface area contributed by atoms with Crippen molar-refractivity contribution in [3.8, 4) is 23.8 Å². The standard InChI is InChI=1S/C15H20N4O3.HI/c1-4-7-17-14(20)10-19-15(16)18-9-11-5-6-12(21-2)13(8-11)22-3;/h1,5-6,8H,7,9-10H2,2-3H3,(H,17,20)(H3,16,18,19);1H. The molecule has 0 heterocycles. The lowest BCUT2D eigenvalue weighted by Gasteiger charge is -2.09. The van der Waals surface area contributed by atoms with Gasteiger partial charge in [0.2, 0.25) is 5.91 Å². The van der Waals surface area contributed by atoms with E-state index in [1.807, 2.05) is 12.1 Å². The number of terminal acetylenes is 1. The van der Waals surface area contributed by atoms with Gasteiger partial charge in [0.05, 0.1) is 33.9 Å². The number of carbonyl (C=O) groups is 1. The van der Waals surface area contributed by atoms with Gasteiger partial charge < -0.3 is 25.8 Å². The number of nitrogens with one attached hydrogen (secondary N) is 2. The maximum atomic E-state index is 11.3. The van der Waals surface area contributed by atoms with E-state index >= 15 is 0 Å². The molecular formula is C15H21IN4O3. The molecule has 0 saturated heterocycles. The van der Waals surface area contributed by atoms with Crippen LogP contribution in [-0.4, -0.2) is 39.2 Å². The average molecular weight is 432 g/mol. The fourth-order valence-corrected chi connectivity index (χ4v) is 1.59. The highest BCUT2D eigenvalue weighted by atomic mass is 127. The molecule has 0 unspecified atom stereocenters. The van der Waals surface area contributed by atoms with Gasteiger partial charge in [-0.25, -0.2) is 4.99 Å². The second-order valence-electron chi connectivity index (χ2n) is 4.23. The summed E-state index contributed by atoms with van der Waals surface area (Å²) in [5.74, 6) is 3.50. The van der Waals surface area contributed by atoms with Crippen molar-refractivity contribution in [2.75, 3.05) is 27.3 Å². The zero-order valence-corrected chi connectivity index (χ0v) is 15.4. The van der Waals surface area contributed by atoms with Crippen molar-refractivity contribution in [2.24, 2.45) is 10.7 Å². The molecule has 4 N–H and O–H groups in total. The lowest BCUT2D eigenvalue weighted by molar-refractivity contribution is -0.119. The van der Waals surface area contributed by atoms with E-state index in [1.54, 1.807) is 20.3 Å². The third-order valence-corrected chi connectivity index (χ3v) is 2.70. The first-order valence-electron chi connectivity index (χ1n) is 6.55. The van der Waals surface area contributed by atoms with Crippen molar-refractivity contribution in [1.29, 1.82) is 0 Å². The Balaban J connectivity index is 0.00000484. The maximum absolute atomic E-state index is 11.3. The van der Waals surface area contributed by atoms with Gasteiger partial charge in [-0.15, -0.1) is 30.4 Å². The third-order valence-electron chi connectivity index (χ3n) is 2.70. The van der Waals surface area contributed by atoms with Crippen LogP contribution in [0.3, 0.4) is 0 Å². The number of amides is 1. The Morgan fingerprint density at radius 2 is 2.00 bits per heavy atom. The van der Waals surface area contributed by atoms with Gasteiger partial charge in [-0.1, -0.05) is 12.0 Å². The van der Waals surface area contributed by atoms with Crippen molar-refractivity contribution in [2.45, 2.75) is 6.54 Å². The van der Waals surface area contributed by atoms with Crippen molar-refractivity contribution in [3.63, 3.8) is 0 Å². The van der Waals surface area contributed by atoms with Gasteiger partial charge in [0.1, 0.15) is 0 Å². The van der Waals surface area contributed by atoms with Crippen molar-refractivity contribution >= 4 is 35.8 Å². The normalized spacial score (nSPS) is 10.0. The molecule has 0 saturated carbocycles. The summed E-state index contributed by atoms with van der Waals surface area (Å²) in [7, 11) is 3.14. The molecule has 126 valence electrons. The molecule has 0 aromatic heterocycles. The molecular weight excluding hydrogens is 411 g/mol. The van der Waals surface area contributed by atoms with E-state index < -0.39 is 0 Å². The van der Waals surface area contributed by atoms with E-state index in [2.05, 4.69) is 21.5 Å². The van der Waals surface area contributed by atoms with Crippen LogP contribution in [0, 0.1) is 12.3 Å². The van der Waals surface area contributed by atoms with Crippen LogP contribution in [0.5, 0.6) is 11.5 Å². The van der Waals surface area contributed by atoms with Crippen LogP contribution in [0.15, 0.2) is 23.2 Å². The zero-order valence-electron chi connectivity index (χ0n) is 13.1. The summed E-state index contributed by atoms with van der Waals surface area (Å²) in [5.41, 5.74) is 6.59. The van der Waals surface area contributed by atoms with E-state index in [-0.39, 0.29) is 48.9 Å². The molecule has 0 aliphatic rings. The molecule has 23 heavy (non-hydrogen) atoms. The minimum atomic E-state index is -0.248. The second-order valence-corrected chi connectivity index (χ2v) is 4.23. The van der Waals surface area contributed by atoms with Crippen molar-refractivity contribution < 1.29 is 14.3 Å². The first kappa shape index (κ1) is 20.9. The highest BCUT2D eigenvalue weighted by Gasteiger charge is 2.04. The molecule has 0 fully saturated rings. The number of hydrogen-bond donors (Lipinski definition) is 3. The average Bonchev–Trinajstić information content (AvgIpc) is 2.55. The quantitative estimate of drug-likeness (QED) is 0.252. The number of ether oxygens (including phenoxy) is 2. The Kier molecular flexibility index (Phi) is 10.4. The summed E-state index contributed by atoms with van der Waals surface area (Å²) in [6.07, 6.45) is 5.04. The van der Waals surface area contributed by atoms with Crippen LogP contribution in [-0.2, 0) is 11.3 Å². The van der Waals surface area contributed by atoms with E-state index in [1.165, 1.54) is 0 Å². The SMILES string of the molecule is C#CCNC(=O)CNC(N)=NCc1ccc(OC)c(OC)c1.I. The maximum Gasteiger partial charge on any atom is 0.240 e.